The van der Waals surface area contributed by atoms with Gasteiger partial charge in [-0.05, 0) is 30.7 Å². The fourth-order valence-electron chi connectivity index (χ4n) is 2.15. The van der Waals surface area contributed by atoms with E-state index in [-0.39, 0.29) is 0 Å². The number of aryl methyl sites for hydroxylation is 1. The van der Waals surface area contributed by atoms with Crippen molar-refractivity contribution in [3.63, 3.8) is 0 Å². The Morgan fingerprint density at radius 1 is 1.26 bits per heavy atom. The molecule has 0 spiro atoms. The predicted molar refractivity (Wildman–Crippen MR) is 73.3 cm³/mol. The minimum atomic E-state index is 0.626. The van der Waals surface area contributed by atoms with E-state index in [1.165, 1.54) is 19.3 Å². The predicted octanol–water partition coefficient (Wildman–Crippen LogP) is 1.99. The maximum atomic E-state index is 4.40. The third-order valence-corrected chi connectivity index (χ3v) is 4.05. The fraction of sp³-hybridized carbons (Fsp3) is 0.500. The van der Waals surface area contributed by atoms with E-state index in [1.54, 1.807) is 18.0 Å². The van der Waals surface area contributed by atoms with Crippen molar-refractivity contribution in [3.05, 3.63) is 18.1 Å². The summed E-state index contributed by atoms with van der Waals surface area (Å²) in [6, 6.07) is 1.89. The van der Waals surface area contributed by atoms with E-state index in [9.17, 15) is 0 Å². The second-order valence-electron chi connectivity index (χ2n) is 4.43. The van der Waals surface area contributed by atoms with Crippen molar-refractivity contribution < 1.29 is 0 Å². The number of hydrogen-bond acceptors (Lipinski definition) is 6. The highest BCUT2D eigenvalue weighted by molar-refractivity contribution is 7.99. The summed E-state index contributed by atoms with van der Waals surface area (Å²) >= 11 is 1.55. The molecule has 0 aliphatic carbocycles. The van der Waals surface area contributed by atoms with E-state index in [1.807, 2.05) is 13.1 Å². The van der Waals surface area contributed by atoms with Crippen LogP contribution in [0, 0.1) is 0 Å². The van der Waals surface area contributed by atoms with Crippen molar-refractivity contribution in [2.45, 2.75) is 42.4 Å². The lowest BCUT2D eigenvalue weighted by Crippen LogP contribution is -2.02. The standard InChI is InChI=1S/C12H16N6S/c1-13-11-14-7-6-10(15-11)19-12-17-16-9-5-3-2-4-8-18(9)12/h6-7H,2-5,8H2,1H3,(H,13,14,15). The smallest absolute Gasteiger partial charge is 0.223 e. The van der Waals surface area contributed by atoms with Crippen LogP contribution in [-0.2, 0) is 13.0 Å². The van der Waals surface area contributed by atoms with Gasteiger partial charge in [-0.15, -0.1) is 10.2 Å². The first-order valence-electron chi connectivity index (χ1n) is 6.47. The summed E-state index contributed by atoms with van der Waals surface area (Å²) in [6.45, 7) is 1.01. The van der Waals surface area contributed by atoms with Crippen LogP contribution in [0.1, 0.15) is 25.1 Å². The van der Waals surface area contributed by atoms with E-state index >= 15 is 0 Å². The number of anilines is 1. The van der Waals surface area contributed by atoms with Crippen LogP contribution in [0.15, 0.2) is 22.4 Å². The Hall–Kier alpha value is -1.63. The van der Waals surface area contributed by atoms with Crippen LogP contribution in [-0.4, -0.2) is 31.8 Å². The lowest BCUT2D eigenvalue weighted by molar-refractivity contribution is 0.590. The number of rotatable bonds is 3. The van der Waals surface area contributed by atoms with Crippen molar-refractivity contribution >= 4 is 17.7 Å². The SMILES string of the molecule is CNc1nccc(Sc2nnc3n2CCCCC3)n1. The Bertz CT molecular complexity index is 567. The third-order valence-electron chi connectivity index (χ3n) is 3.13. The summed E-state index contributed by atoms with van der Waals surface area (Å²) in [6.07, 6.45) is 6.45. The first kappa shape index (κ1) is 12.4. The average molecular weight is 276 g/mol. The van der Waals surface area contributed by atoms with E-state index in [0.29, 0.717) is 5.95 Å². The molecular formula is C12H16N6S. The van der Waals surface area contributed by atoms with Gasteiger partial charge in [0.1, 0.15) is 10.9 Å². The molecule has 1 aliphatic rings. The molecule has 3 rings (SSSR count). The van der Waals surface area contributed by atoms with Crippen LogP contribution in [0.4, 0.5) is 5.95 Å². The molecule has 1 N–H and O–H groups in total. The van der Waals surface area contributed by atoms with E-state index < -0.39 is 0 Å². The molecule has 0 bridgehead atoms. The number of nitrogens with zero attached hydrogens (tertiary/aromatic N) is 5. The molecule has 0 fully saturated rings. The topological polar surface area (TPSA) is 68.5 Å². The molecule has 0 aromatic carbocycles. The van der Waals surface area contributed by atoms with Crippen LogP contribution in [0.25, 0.3) is 0 Å². The van der Waals surface area contributed by atoms with E-state index in [4.69, 9.17) is 0 Å². The maximum absolute atomic E-state index is 4.40. The largest absolute Gasteiger partial charge is 0.357 e. The summed E-state index contributed by atoms with van der Waals surface area (Å²) in [4.78, 5) is 8.51. The van der Waals surface area contributed by atoms with Crippen molar-refractivity contribution in [2.24, 2.45) is 0 Å². The summed E-state index contributed by atoms with van der Waals surface area (Å²) in [5.41, 5.74) is 0. The van der Waals surface area contributed by atoms with Crippen LogP contribution < -0.4 is 5.32 Å². The molecule has 7 heteroatoms. The summed E-state index contributed by atoms with van der Waals surface area (Å²) in [5, 5.41) is 13.3. The summed E-state index contributed by atoms with van der Waals surface area (Å²) in [5.74, 6) is 1.73. The molecule has 6 nitrogen and oxygen atoms in total. The van der Waals surface area contributed by atoms with Crippen molar-refractivity contribution in [1.29, 1.82) is 0 Å². The highest BCUT2D eigenvalue weighted by Gasteiger charge is 2.16. The molecule has 2 aromatic heterocycles. The lowest BCUT2D eigenvalue weighted by Gasteiger charge is -2.06. The summed E-state index contributed by atoms with van der Waals surface area (Å²) in [7, 11) is 1.81. The van der Waals surface area contributed by atoms with E-state index in [2.05, 4.69) is 30.0 Å². The fourth-order valence-corrected chi connectivity index (χ4v) is 2.98. The number of aromatic nitrogens is 5. The van der Waals surface area contributed by atoms with Crippen LogP contribution >= 0.6 is 11.8 Å². The third kappa shape index (κ3) is 2.70. The molecule has 1 aliphatic heterocycles. The van der Waals surface area contributed by atoms with Gasteiger partial charge < -0.3 is 9.88 Å². The minimum absolute atomic E-state index is 0.626. The Labute approximate surface area is 116 Å². The van der Waals surface area contributed by atoms with Crippen molar-refractivity contribution in [1.82, 2.24) is 24.7 Å². The Morgan fingerprint density at radius 2 is 2.21 bits per heavy atom. The highest BCUT2D eigenvalue weighted by Crippen LogP contribution is 2.27. The van der Waals surface area contributed by atoms with Gasteiger partial charge in [-0.2, -0.15) is 0 Å². The molecule has 0 saturated carbocycles. The minimum Gasteiger partial charge on any atom is -0.357 e. The number of hydrogen-bond donors (Lipinski definition) is 1. The highest BCUT2D eigenvalue weighted by atomic mass is 32.2. The molecule has 19 heavy (non-hydrogen) atoms. The Kier molecular flexibility index (Phi) is 3.63. The summed E-state index contributed by atoms with van der Waals surface area (Å²) < 4.78 is 2.22. The zero-order valence-electron chi connectivity index (χ0n) is 10.8. The normalized spacial score (nSPS) is 14.8. The van der Waals surface area contributed by atoms with Crippen LogP contribution in [0.3, 0.4) is 0 Å². The van der Waals surface area contributed by atoms with Gasteiger partial charge in [0.15, 0.2) is 5.16 Å². The second-order valence-corrected chi connectivity index (χ2v) is 5.42. The molecule has 0 unspecified atom stereocenters. The average Bonchev–Trinajstić information content (AvgIpc) is 2.68. The zero-order valence-corrected chi connectivity index (χ0v) is 11.7. The van der Waals surface area contributed by atoms with E-state index in [0.717, 1.165) is 29.0 Å². The molecule has 0 radical (unpaired) electrons. The number of fused-ring (bicyclic) bond motifs is 1. The molecular weight excluding hydrogens is 260 g/mol. The quantitative estimate of drug-likeness (QED) is 0.865. The zero-order chi connectivity index (χ0) is 13.1. The maximum Gasteiger partial charge on any atom is 0.223 e. The molecule has 0 atom stereocenters. The first-order chi connectivity index (χ1) is 9.36. The van der Waals surface area contributed by atoms with Crippen LogP contribution in [0.5, 0.6) is 0 Å². The Balaban J connectivity index is 1.84. The van der Waals surface area contributed by atoms with Gasteiger partial charge >= 0.3 is 0 Å². The molecule has 0 saturated heterocycles. The van der Waals surface area contributed by atoms with Gasteiger partial charge in [-0.1, -0.05) is 6.42 Å². The van der Waals surface area contributed by atoms with Gasteiger partial charge in [-0.25, -0.2) is 9.97 Å². The number of nitrogens with one attached hydrogen (secondary N) is 1. The molecule has 2 aromatic rings. The first-order valence-corrected chi connectivity index (χ1v) is 7.29. The van der Waals surface area contributed by atoms with Crippen molar-refractivity contribution in [3.8, 4) is 0 Å². The molecule has 0 amide bonds. The monoisotopic (exact) mass is 276 g/mol. The Morgan fingerprint density at radius 3 is 3.11 bits per heavy atom. The van der Waals surface area contributed by atoms with Gasteiger partial charge in [0.25, 0.3) is 0 Å². The van der Waals surface area contributed by atoms with Crippen molar-refractivity contribution in [2.75, 3.05) is 12.4 Å². The van der Waals surface area contributed by atoms with Crippen LogP contribution in [0.2, 0.25) is 0 Å². The van der Waals surface area contributed by atoms with Gasteiger partial charge in [-0.3, -0.25) is 0 Å². The molecule has 3 heterocycles. The second kappa shape index (κ2) is 5.56. The van der Waals surface area contributed by atoms with Gasteiger partial charge in [0.2, 0.25) is 5.95 Å². The van der Waals surface area contributed by atoms with Gasteiger partial charge in [0, 0.05) is 26.2 Å². The molecule has 100 valence electrons. The van der Waals surface area contributed by atoms with Gasteiger partial charge in [0.05, 0.1) is 0 Å². The lowest BCUT2D eigenvalue weighted by atomic mass is 10.2.